The molecule has 146 valence electrons. The Bertz CT molecular complexity index is 825. The van der Waals surface area contributed by atoms with Crippen LogP contribution in [-0.4, -0.2) is 42.9 Å². The Kier molecular flexibility index (Phi) is 6.42. The van der Waals surface area contributed by atoms with Crippen molar-refractivity contribution in [2.45, 2.75) is 19.3 Å². The molecule has 6 heteroatoms. The highest BCUT2D eigenvalue weighted by Gasteiger charge is 2.27. The van der Waals surface area contributed by atoms with Crippen molar-refractivity contribution in [3.05, 3.63) is 65.7 Å². The number of methoxy groups -OCH3 is 1. The van der Waals surface area contributed by atoms with E-state index < -0.39 is 17.8 Å². The van der Waals surface area contributed by atoms with E-state index in [1.165, 1.54) is 12.7 Å². The van der Waals surface area contributed by atoms with Gasteiger partial charge in [-0.25, -0.2) is 4.79 Å². The molecule has 1 aliphatic heterocycles. The number of esters is 1. The first kappa shape index (κ1) is 19.6. The number of likely N-dealkylation sites (tertiary alicyclic amines) is 1. The highest BCUT2D eigenvalue weighted by molar-refractivity contribution is 6.39. The minimum Gasteiger partial charge on any atom is -0.465 e. The van der Waals surface area contributed by atoms with Gasteiger partial charge >= 0.3 is 17.8 Å². The van der Waals surface area contributed by atoms with E-state index in [2.05, 4.69) is 22.2 Å². The molecule has 1 N–H and O–H groups in total. The molecule has 1 aliphatic rings. The Morgan fingerprint density at radius 1 is 1.00 bits per heavy atom. The smallest absolute Gasteiger partial charge is 0.337 e. The molecule has 3 rings (SSSR count). The van der Waals surface area contributed by atoms with Crippen molar-refractivity contribution in [1.29, 1.82) is 0 Å². The number of nitrogens with zero attached hydrogens (tertiary/aromatic N) is 1. The molecular weight excluding hydrogens is 356 g/mol. The molecule has 2 aromatic rings. The summed E-state index contributed by atoms with van der Waals surface area (Å²) >= 11 is 0. The molecule has 6 nitrogen and oxygen atoms in total. The van der Waals surface area contributed by atoms with Gasteiger partial charge in [-0.3, -0.25) is 9.59 Å². The second-order valence-corrected chi connectivity index (χ2v) is 6.95. The molecule has 1 saturated heterocycles. The number of rotatable bonds is 4. The molecule has 0 aliphatic carbocycles. The molecule has 2 amide bonds. The number of anilines is 1. The van der Waals surface area contributed by atoms with Crippen LogP contribution in [0.5, 0.6) is 0 Å². The highest BCUT2D eigenvalue weighted by Crippen LogP contribution is 2.22. The summed E-state index contributed by atoms with van der Waals surface area (Å²) in [5.41, 5.74) is 2.15. The number of carbonyl (C=O) groups is 3. The lowest BCUT2D eigenvalue weighted by atomic mass is 9.90. The number of ether oxygens (including phenoxy) is 1. The fourth-order valence-electron chi connectivity index (χ4n) is 3.42. The summed E-state index contributed by atoms with van der Waals surface area (Å²) in [5, 5.41) is 2.59. The predicted octanol–water partition coefficient (Wildman–Crippen LogP) is 2.89. The lowest BCUT2D eigenvalue weighted by Gasteiger charge is -2.31. The number of carbonyl (C=O) groups excluding carboxylic acids is 3. The Hall–Kier alpha value is -3.15. The highest BCUT2D eigenvalue weighted by atomic mass is 16.5. The van der Waals surface area contributed by atoms with Gasteiger partial charge in [-0.15, -0.1) is 0 Å². The van der Waals surface area contributed by atoms with E-state index in [0.29, 0.717) is 30.3 Å². The molecule has 0 radical (unpaired) electrons. The maximum atomic E-state index is 12.4. The van der Waals surface area contributed by atoms with Crippen LogP contribution >= 0.6 is 0 Å². The fraction of sp³-hybridized carbons (Fsp3) is 0.318. The lowest BCUT2D eigenvalue weighted by molar-refractivity contribution is -0.144. The second kappa shape index (κ2) is 9.17. The monoisotopic (exact) mass is 380 g/mol. The largest absolute Gasteiger partial charge is 0.465 e. The van der Waals surface area contributed by atoms with Crippen molar-refractivity contribution in [2.75, 3.05) is 25.5 Å². The van der Waals surface area contributed by atoms with Gasteiger partial charge < -0.3 is 15.0 Å². The quantitative estimate of drug-likeness (QED) is 0.654. The Morgan fingerprint density at radius 2 is 1.64 bits per heavy atom. The number of piperidine rings is 1. The summed E-state index contributed by atoms with van der Waals surface area (Å²) in [6.45, 7) is 1.18. The molecule has 0 atom stereocenters. The van der Waals surface area contributed by atoms with E-state index in [9.17, 15) is 14.4 Å². The van der Waals surface area contributed by atoms with Crippen molar-refractivity contribution in [1.82, 2.24) is 4.90 Å². The van der Waals surface area contributed by atoms with Gasteiger partial charge in [0, 0.05) is 18.8 Å². The van der Waals surface area contributed by atoms with Crippen LogP contribution < -0.4 is 5.32 Å². The van der Waals surface area contributed by atoms with Gasteiger partial charge in [0.25, 0.3) is 0 Å². The first-order valence-electron chi connectivity index (χ1n) is 9.39. The van der Waals surface area contributed by atoms with Gasteiger partial charge in [-0.05, 0) is 55.0 Å². The molecule has 0 bridgehead atoms. The van der Waals surface area contributed by atoms with Crippen molar-refractivity contribution < 1.29 is 19.1 Å². The minimum absolute atomic E-state index is 0.382. The van der Waals surface area contributed by atoms with Crippen LogP contribution in [0.3, 0.4) is 0 Å². The summed E-state index contributed by atoms with van der Waals surface area (Å²) in [5.74, 6) is -1.10. The molecular formula is C22H24N2O4. The van der Waals surface area contributed by atoms with Crippen LogP contribution in [0.1, 0.15) is 28.8 Å². The second-order valence-electron chi connectivity index (χ2n) is 6.95. The maximum absolute atomic E-state index is 12.4. The molecule has 28 heavy (non-hydrogen) atoms. The van der Waals surface area contributed by atoms with Crippen LogP contribution in [0.4, 0.5) is 5.69 Å². The minimum atomic E-state index is -0.660. The van der Waals surface area contributed by atoms with E-state index in [1.54, 1.807) is 29.2 Å². The van der Waals surface area contributed by atoms with Gasteiger partial charge in [-0.2, -0.15) is 0 Å². The fourth-order valence-corrected chi connectivity index (χ4v) is 3.42. The summed E-state index contributed by atoms with van der Waals surface area (Å²) in [6, 6.07) is 16.6. The van der Waals surface area contributed by atoms with E-state index in [4.69, 9.17) is 0 Å². The van der Waals surface area contributed by atoms with Crippen molar-refractivity contribution >= 4 is 23.5 Å². The first-order chi connectivity index (χ1) is 13.6. The van der Waals surface area contributed by atoms with Crippen molar-refractivity contribution in [3.63, 3.8) is 0 Å². The third-order valence-corrected chi connectivity index (χ3v) is 5.03. The summed E-state index contributed by atoms with van der Waals surface area (Å²) in [4.78, 5) is 37.7. The number of hydrogen-bond donors (Lipinski definition) is 1. The van der Waals surface area contributed by atoms with Gasteiger partial charge in [-0.1, -0.05) is 30.3 Å². The molecule has 1 heterocycles. The van der Waals surface area contributed by atoms with Crippen LogP contribution in [0.2, 0.25) is 0 Å². The van der Waals surface area contributed by atoms with Gasteiger partial charge in [0.1, 0.15) is 0 Å². The summed E-state index contributed by atoms with van der Waals surface area (Å²) < 4.78 is 4.63. The van der Waals surface area contributed by atoms with Crippen LogP contribution in [-0.2, 0) is 20.7 Å². The standard InChI is InChI=1S/C22H24N2O4/c1-28-22(27)18-7-9-19(10-8-18)23-20(25)21(26)24-13-11-17(12-14-24)15-16-5-3-2-4-6-16/h2-10,17H,11-15H2,1H3,(H,23,25). The normalized spacial score (nSPS) is 14.4. The number of hydrogen-bond acceptors (Lipinski definition) is 4. The Balaban J connectivity index is 1.49. The van der Waals surface area contributed by atoms with Crippen molar-refractivity contribution in [2.24, 2.45) is 5.92 Å². The average molecular weight is 380 g/mol. The van der Waals surface area contributed by atoms with E-state index >= 15 is 0 Å². The van der Waals surface area contributed by atoms with Crippen LogP contribution in [0.15, 0.2) is 54.6 Å². The third-order valence-electron chi connectivity index (χ3n) is 5.03. The number of amides is 2. The van der Waals surface area contributed by atoms with Crippen molar-refractivity contribution in [3.8, 4) is 0 Å². The SMILES string of the molecule is COC(=O)c1ccc(NC(=O)C(=O)N2CCC(Cc3ccccc3)CC2)cc1. The Morgan fingerprint density at radius 3 is 2.25 bits per heavy atom. The van der Waals surface area contributed by atoms with Crippen LogP contribution in [0, 0.1) is 5.92 Å². The van der Waals surface area contributed by atoms with Gasteiger partial charge in [0.2, 0.25) is 0 Å². The zero-order valence-corrected chi connectivity index (χ0v) is 15.9. The van der Waals surface area contributed by atoms with Gasteiger partial charge in [0.05, 0.1) is 12.7 Å². The molecule has 0 unspecified atom stereocenters. The summed E-state index contributed by atoms with van der Waals surface area (Å²) in [7, 11) is 1.31. The number of nitrogens with one attached hydrogen (secondary N) is 1. The zero-order valence-electron chi connectivity index (χ0n) is 15.9. The average Bonchev–Trinajstić information content (AvgIpc) is 2.74. The van der Waals surface area contributed by atoms with E-state index in [0.717, 1.165) is 19.3 Å². The lowest BCUT2D eigenvalue weighted by Crippen LogP contribution is -2.44. The molecule has 2 aromatic carbocycles. The third kappa shape index (κ3) is 4.97. The zero-order chi connectivity index (χ0) is 19.9. The topological polar surface area (TPSA) is 75.7 Å². The summed E-state index contributed by atoms with van der Waals surface area (Å²) in [6.07, 6.45) is 2.78. The van der Waals surface area contributed by atoms with E-state index in [1.807, 2.05) is 18.2 Å². The van der Waals surface area contributed by atoms with Gasteiger partial charge in [0.15, 0.2) is 0 Å². The van der Waals surface area contributed by atoms with Crippen LogP contribution in [0.25, 0.3) is 0 Å². The predicted molar refractivity (Wildman–Crippen MR) is 106 cm³/mol. The number of benzene rings is 2. The first-order valence-corrected chi connectivity index (χ1v) is 9.39. The van der Waals surface area contributed by atoms with E-state index in [-0.39, 0.29) is 0 Å². The maximum Gasteiger partial charge on any atom is 0.337 e. The molecule has 0 saturated carbocycles. The molecule has 0 spiro atoms. The Labute approximate surface area is 164 Å². The molecule has 0 aromatic heterocycles. The molecule has 1 fully saturated rings.